The Labute approximate surface area is 152 Å². The third-order valence-corrected chi connectivity index (χ3v) is 4.36. The number of ether oxygens (including phenoxy) is 3. The molecule has 1 fully saturated rings. The quantitative estimate of drug-likeness (QED) is 0.295. The zero-order chi connectivity index (χ0) is 19.1. The summed E-state index contributed by atoms with van der Waals surface area (Å²) in [5.41, 5.74) is -0.536. The van der Waals surface area contributed by atoms with Crippen molar-refractivity contribution < 1.29 is 23.9 Å². The smallest absolute Gasteiger partial charge is 0.345 e. The second-order valence-electron chi connectivity index (χ2n) is 6.12. The molecule has 0 saturated carbocycles. The Balaban J connectivity index is 2.00. The van der Waals surface area contributed by atoms with Crippen LogP contribution in [0, 0.1) is 10.1 Å². The van der Waals surface area contributed by atoms with Gasteiger partial charge in [0.1, 0.15) is 5.56 Å². The maximum absolute atomic E-state index is 11.7. The highest BCUT2D eigenvalue weighted by Crippen LogP contribution is 2.35. The molecule has 0 unspecified atom stereocenters. The Morgan fingerprint density at radius 2 is 1.88 bits per heavy atom. The van der Waals surface area contributed by atoms with Crippen LogP contribution in [0.1, 0.15) is 16.8 Å². The topological polar surface area (TPSA) is 94.4 Å². The van der Waals surface area contributed by atoms with Gasteiger partial charge in [0, 0.05) is 38.8 Å². The van der Waals surface area contributed by atoms with E-state index >= 15 is 0 Å². The summed E-state index contributed by atoms with van der Waals surface area (Å²) < 4.78 is 15.5. The van der Waals surface area contributed by atoms with E-state index in [2.05, 4.69) is 21.6 Å². The number of nitro benzene ring substituents is 1. The lowest BCUT2D eigenvalue weighted by atomic mass is 10.1. The molecule has 0 N–H and O–H groups in total. The molecule has 0 atom stereocenters. The molecule has 1 aliphatic heterocycles. The number of hydrogen-bond donors (Lipinski definition) is 0. The second-order valence-corrected chi connectivity index (χ2v) is 6.12. The Hall–Kier alpha value is -2.39. The van der Waals surface area contributed by atoms with E-state index in [4.69, 9.17) is 9.47 Å². The molecular weight excluding hydrogens is 342 g/mol. The Kier molecular flexibility index (Phi) is 7.16. The molecule has 1 aliphatic rings. The van der Waals surface area contributed by atoms with Gasteiger partial charge in [-0.1, -0.05) is 0 Å². The number of methoxy groups -OCH3 is 2. The fraction of sp³-hybridized carbons (Fsp3) is 0.588. The summed E-state index contributed by atoms with van der Waals surface area (Å²) >= 11 is 0. The van der Waals surface area contributed by atoms with Crippen LogP contribution in [0.2, 0.25) is 0 Å². The molecule has 9 nitrogen and oxygen atoms in total. The number of nitrogens with zero attached hydrogens (tertiary/aromatic N) is 3. The van der Waals surface area contributed by atoms with Crippen LogP contribution in [0.25, 0.3) is 0 Å². The van der Waals surface area contributed by atoms with E-state index in [0.717, 1.165) is 39.1 Å². The SMILES string of the molecule is COC(=O)c1cc(OC)c(OCCCN2CCN(C)CC2)cc1[N+](=O)[O-]. The second kappa shape index (κ2) is 9.35. The zero-order valence-electron chi connectivity index (χ0n) is 15.4. The number of benzene rings is 1. The summed E-state index contributed by atoms with van der Waals surface area (Å²) in [4.78, 5) is 27.0. The van der Waals surface area contributed by atoms with Crippen LogP contribution in [0.5, 0.6) is 11.5 Å². The van der Waals surface area contributed by atoms with Gasteiger partial charge in [-0.15, -0.1) is 0 Å². The van der Waals surface area contributed by atoms with Gasteiger partial charge in [-0.25, -0.2) is 4.79 Å². The van der Waals surface area contributed by atoms with Gasteiger partial charge in [-0.3, -0.25) is 10.1 Å². The van der Waals surface area contributed by atoms with Crippen LogP contribution in [-0.2, 0) is 4.74 Å². The third kappa shape index (κ3) is 5.06. The van der Waals surface area contributed by atoms with Crippen molar-refractivity contribution >= 4 is 11.7 Å². The van der Waals surface area contributed by atoms with Crippen molar-refractivity contribution in [3.8, 4) is 11.5 Å². The third-order valence-electron chi connectivity index (χ3n) is 4.36. The van der Waals surface area contributed by atoms with Crippen molar-refractivity contribution in [1.82, 2.24) is 9.80 Å². The van der Waals surface area contributed by atoms with Crippen molar-refractivity contribution in [2.45, 2.75) is 6.42 Å². The van der Waals surface area contributed by atoms with E-state index in [0.29, 0.717) is 6.61 Å². The van der Waals surface area contributed by atoms with Crippen LogP contribution in [0.3, 0.4) is 0 Å². The fourth-order valence-corrected chi connectivity index (χ4v) is 2.79. The predicted octanol–water partition coefficient (Wildman–Crippen LogP) is 1.41. The monoisotopic (exact) mass is 367 g/mol. The van der Waals surface area contributed by atoms with Crippen LogP contribution in [0.15, 0.2) is 12.1 Å². The molecule has 0 spiro atoms. The molecule has 26 heavy (non-hydrogen) atoms. The van der Waals surface area contributed by atoms with Gasteiger partial charge in [0.15, 0.2) is 11.5 Å². The molecule has 2 rings (SSSR count). The first kappa shape index (κ1) is 19.9. The summed E-state index contributed by atoms with van der Waals surface area (Å²) in [5, 5.41) is 11.2. The summed E-state index contributed by atoms with van der Waals surface area (Å²) in [6.07, 6.45) is 0.791. The molecule has 0 bridgehead atoms. The van der Waals surface area contributed by atoms with Crippen LogP contribution in [0.4, 0.5) is 5.69 Å². The number of nitro groups is 1. The number of rotatable bonds is 8. The Morgan fingerprint density at radius 1 is 1.19 bits per heavy atom. The number of esters is 1. The number of piperazine rings is 1. The largest absolute Gasteiger partial charge is 0.493 e. The normalized spacial score (nSPS) is 15.5. The molecule has 0 aliphatic carbocycles. The highest BCUT2D eigenvalue weighted by molar-refractivity contribution is 5.94. The first-order chi connectivity index (χ1) is 12.5. The Bertz CT molecular complexity index is 644. The standard InChI is InChI=1S/C17H25N3O6/c1-18-6-8-19(9-7-18)5-4-10-26-16-12-14(20(22)23)13(17(21)25-3)11-15(16)24-2/h11-12H,4-10H2,1-3H3. The van der Waals surface area contributed by atoms with E-state index in [9.17, 15) is 14.9 Å². The van der Waals surface area contributed by atoms with Crippen LogP contribution < -0.4 is 9.47 Å². The molecule has 1 aromatic carbocycles. The summed E-state index contributed by atoms with van der Waals surface area (Å²) in [6, 6.07) is 2.49. The maximum Gasteiger partial charge on any atom is 0.345 e. The van der Waals surface area contributed by atoms with Crippen molar-refractivity contribution in [3.63, 3.8) is 0 Å². The molecule has 1 heterocycles. The van der Waals surface area contributed by atoms with Gasteiger partial charge >= 0.3 is 5.97 Å². The molecule has 1 saturated heterocycles. The summed E-state index contributed by atoms with van der Waals surface area (Å²) in [6.45, 7) is 5.46. The number of carbonyl (C=O) groups is 1. The van der Waals surface area contributed by atoms with Crippen molar-refractivity contribution in [1.29, 1.82) is 0 Å². The van der Waals surface area contributed by atoms with Crippen molar-refractivity contribution in [2.24, 2.45) is 0 Å². The first-order valence-electron chi connectivity index (χ1n) is 8.44. The van der Waals surface area contributed by atoms with E-state index in [1.807, 2.05) is 0 Å². The predicted molar refractivity (Wildman–Crippen MR) is 95.0 cm³/mol. The van der Waals surface area contributed by atoms with E-state index < -0.39 is 10.9 Å². The lowest BCUT2D eigenvalue weighted by molar-refractivity contribution is -0.385. The van der Waals surface area contributed by atoms with Crippen LogP contribution >= 0.6 is 0 Å². The zero-order valence-corrected chi connectivity index (χ0v) is 15.4. The average Bonchev–Trinajstić information content (AvgIpc) is 2.65. The first-order valence-corrected chi connectivity index (χ1v) is 8.44. The van der Waals surface area contributed by atoms with Gasteiger partial charge in [0.05, 0.1) is 31.8 Å². The molecule has 9 heteroatoms. The number of carbonyl (C=O) groups excluding carboxylic acids is 1. The highest BCUT2D eigenvalue weighted by atomic mass is 16.6. The fourth-order valence-electron chi connectivity index (χ4n) is 2.79. The van der Waals surface area contributed by atoms with Gasteiger partial charge < -0.3 is 24.0 Å². The lowest BCUT2D eigenvalue weighted by Gasteiger charge is -2.32. The summed E-state index contributed by atoms with van der Waals surface area (Å²) in [5.74, 6) is -0.294. The number of hydrogen-bond acceptors (Lipinski definition) is 8. The van der Waals surface area contributed by atoms with Crippen LogP contribution in [-0.4, -0.2) is 81.3 Å². The molecule has 0 amide bonds. The van der Waals surface area contributed by atoms with E-state index in [1.165, 1.54) is 26.4 Å². The minimum absolute atomic E-state index is 0.167. The van der Waals surface area contributed by atoms with Crippen molar-refractivity contribution in [2.75, 3.05) is 60.6 Å². The van der Waals surface area contributed by atoms with E-state index in [1.54, 1.807) is 0 Å². The summed E-state index contributed by atoms with van der Waals surface area (Å²) in [7, 11) is 4.69. The molecule has 0 radical (unpaired) electrons. The molecule has 1 aromatic rings. The maximum atomic E-state index is 11.7. The minimum Gasteiger partial charge on any atom is -0.493 e. The minimum atomic E-state index is -0.795. The van der Waals surface area contributed by atoms with Gasteiger partial charge in [-0.2, -0.15) is 0 Å². The highest BCUT2D eigenvalue weighted by Gasteiger charge is 2.25. The number of likely N-dealkylation sites (N-methyl/N-ethyl adjacent to an activating group) is 1. The lowest BCUT2D eigenvalue weighted by Crippen LogP contribution is -2.44. The van der Waals surface area contributed by atoms with Gasteiger partial charge in [0.2, 0.25) is 0 Å². The van der Waals surface area contributed by atoms with Crippen molar-refractivity contribution in [3.05, 3.63) is 27.8 Å². The van der Waals surface area contributed by atoms with Gasteiger partial charge in [-0.05, 0) is 13.5 Å². The molecule has 0 aromatic heterocycles. The van der Waals surface area contributed by atoms with Gasteiger partial charge in [0.25, 0.3) is 5.69 Å². The Morgan fingerprint density at radius 3 is 2.46 bits per heavy atom. The average molecular weight is 367 g/mol. The molecule has 144 valence electrons. The molecular formula is C17H25N3O6. The van der Waals surface area contributed by atoms with E-state index in [-0.39, 0.29) is 22.7 Å².